The highest BCUT2D eigenvalue weighted by molar-refractivity contribution is 6.05. The van der Waals surface area contributed by atoms with Crippen LogP contribution < -0.4 is 16.0 Å². The minimum absolute atomic E-state index is 0.0181. The van der Waals surface area contributed by atoms with Crippen LogP contribution in [0.3, 0.4) is 0 Å². The number of amides is 3. The molecule has 3 atom stereocenters. The molecule has 1 saturated heterocycles. The van der Waals surface area contributed by atoms with Crippen LogP contribution in [-0.4, -0.2) is 84.8 Å². The monoisotopic (exact) mass is 554 g/mol. The van der Waals surface area contributed by atoms with Crippen LogP contribution >= 0.6 is 0 Å². The Morgan fingerprint density at radius 1 is 1.07 bits per heavy atom. The number of benzene rings is 2. The van der Waals surface area contributed by atoms with Crippen LogP contribution in [0.4, 0.5) is 0 Å². The maximum Gasteiger partial charge on any atom is 0.261 e. The lowest BCUT2D eigenvalue weighted by Crippen LogP contribution is -2.61. The number of nitrogens with zero attached hydrogens (tertiary/aromatic N) is 1. The lowest BCUT2D eigenvalue weighted by Gasteiger charge is -2.36. The van der Waals surface area contributed by atoms with E-state index in [2.05, 4.69) is 36.7 Å². The van der Waals surface area contributed by atoms with E-state index in [1.165, 1.54) is 7.11 Å². The summed E-state index contributed by atoms with van der Waals surface area (Å²) in [7, 11) is 1.41. The Kier molecular flexibility index (Phi) is 10.8. The van der Waals surface area contributed by atoms with E-state index in [1.807, 2.05) is 42.5 Å². The molecule has 0 aliphatic carbocycles. The number of carbonyl (C=O) groups is 3. The van der Waals surface area contributed by atoms with Crippen molar-refractivity contribution in [1.82, 2.24) is 20.9 Å². The number of aliphatic hydroxyl groups is 1. The van der Waals surface area contributed by atoms with Gasteiger partial charge in [-0.15, -0.1) is 0 Å². The number of ether oxygens (including phenoxy) is 1. The topological polar surface area (TPSA) is 120 Å². The Balaban J connectivity index is 1.91. The van der Waals surface area contributed by atoms with E-state index in [0.29, 0.717) is 26.1 Å². The minimum atomic E-state index is -1.33. The molecule has 0 saturated carbocycles. The molecule has 1 aliphatic heterocycles. The summed E-state index contributed by atoms with van der Waals surface area (Å²) in [5, 5.41) is 21.8. The van der Waals surface area contributed by atoms with E-state index in [-0.39, 0.29) is 18.4 Å². The first-order valence-electron chi connectivity index (χ1n) is 14.1. The third kappa shape index (κ3) is 8.57. The first-order chi connectivity index (χ1) is 18.8. The lowest BCUT2D eigenvalue weighted by atomic mass is 9.97. The van der Waals surface area contributed by atoms with Gasteiger partial charge in [-0.2, -0.15) is 0 Å². The maximum atomic E-state index is 13.8. The van der Waals surface area contributed by atoms with Gasteiger partial charge in [0, 0.05) is 33.2 Å². The molecule has 3 rings (SSSR count). The van der Waals surface area contributed by atoms with Gasteiger partial charge >= 0.3 is 0 Å². The molecule has 220 valence electrons. The SMILES string of the molecule is COC(C)(C)C(=O)N(C(=O)[C@@H]1CCCN1)[C@H](Cc1ccc2ccccc2c1)C(=O)NCC(O)CNCC(C)(C)C. The van der Waals surface area contributed by atoms with Gasteiger partial charge in [-0.25, -0.2) is 0 Å². The van der Waals surface area contributed by atoms with Gasteiger partial charge in [0.15, 0.2) is 0 Å². The molecule has 4 N–H and O–H groups in total. The first kappa shape index (κ1) is 31.7. The highest BCUT2D eigenvalue weighted by Crippen LogP contribution is 2.23. The highest BCUT2D eigenvalue weighted by atomic mass is 16.5. The number of carbonyl (C=O) groups excluding carboxylic acids is 3. The van der Waals surface area contributed by atoms with Crippen molar-refractivity contribution in [3.05, 3.63) is 48.0 Å². The second-order valence-electron chi connectivity index (χ2n) is 12.4. The number of hydrogen-bond donors (Lipinski definition) is 4. The zero-order valence-corrected chi connectivity index (χ0v) is 24.8. The summed E-state index contributed by atoms with van der Waals surface area (Å²) >= 11 is 0. The van der Waals surface area contributed by atoms with Gasteiger partial charge in [-0.1, -0.05) is 63.2 Å². The van der Waals surface area contributed by atoms with Crippen LogP contribution in [0.5, 0.6) is 0 Å². The minimum Gasteiger partial charge on any atom is -0.390 e. The molecule has 0 bridgehead atoms. The van der Waals surface area contributed by atoms with Crippen LogP contribution in [0.25, 0.3) is 10.8 Å². The summed E-state index contributed by atoms with van der Waals surface area (Å²) in [5.74, 6) is -1.53. The molecule has 1 unspecified atom stereocenters. The number of methoxy groups -OCH3 is 1. The largest absolute Gasteiger partial charge is 0.390 e. The van der Waals surface area contributed by atoms with E-state index in [0.717, 1.165) is 27.7 Å². The number of rotatable bonds is 12. The van der Waals surface area contributed by atoms with Crippen molar-refractivity contribution in [2.75, 3.05) is 33.3 Å². The molecule has 2 aromatic carbocycles. The molecule has 1 aliphatic rings. The molecule has 1 fully saturated rings. The van der Waals surface area contributed by atoms with E-state index in [9.17, 15) is 19.5 Å². The van der Waals surface area contributed by atoms with Gasteiger partial charge in [0.2, 0.25) is 11.8 Å². The van der Waals surface area contributed by atoms with Crippen molar-refractivity contribution in [3.8, 4) is 0 Å². The number of imide groups is 1. The fourth-order valence-electron chi connectivity index (χ4n) is 4.75. The van der Waals surface area contributed by atoms with Gasteiger partial charge in [-0.05, 0) is 55.0 Å². The predicted octanol–water partition coefficient (Wildman–Crippen LogP) is 2.40. The van der Waals surface area contributed by atoms with Crippen LogP contribution in [-0.2, 0) is 25.5 Å². The molecule has 9 heteroatoms. The van der Waals surface area contributed by atoms with Gasteiger partial charge in [0.05, 0.1) is 12.1 Å². The number of aliphatic hydroxyl groups excluding tert-OH is 1. The van der Waals surface area contributed by atoms with Crippen molar-refractivity contribution >= 4 is 28.5 Å². The van der Waals surface area contributed by atoms with E-state index < -0.39 is 41.5 Å². The zero-order valence-electron chi connectivity index (χ0n) is 24.8. The predicted molar refractivity (Wildman–Crippen MR) is 157 cm³/mol. The first-order valence-corrected chi connectivity index (χ1v) is 14.1. The highest BCUT2D eigenvalue weighted by Gasteiger charge is 2.44. The third-order valence-electron chi connectivity index (χ3n) is 7.24. The van der Waals surface area contributed by atoms with Gasteiger partial charge in [0.1, 0.15) is 11.6 Å². The summed E-state index contributed by atoms with van der Waals surface area (Å²) in [5.41, 5.74) is -0.462. The molecule has 2 aromatic rings. The van der Waals surface area contributed by atoms with Gasteiger partial charge < -0.3 is 25.8 Å². The lowest BCUT2D eigenvalue weighted by molar-refractivity contribution is -0.164. The van der Waals surface area contributed by atoms with Crippen LogP contribution in [0.15, 0.2) is 42.5 Å². The summed E-state index contributed by atoms with van der Waals surface area (Å²) in [6, 6.07) is 12.1. The second-order valence-corrected chi connectivity index (χ2v) is 12.4. The maximum absolute atomic E-state index is 13.8. The Morgan fingerprint density at radius 3 is 2.40 bits per heavy atom. The molecular formula is C31H46N4O5. The van der Waals surface area contributed by atoms with Crippen molar-refractivity contribution in [3.63, 3.8) is 0 Å². The fourth-order valence-corrected chi connectivity index (χ4v) is 4.75. The van der Waals surface area contributed by atoms with Crippen LogP contribution in [0.2, 0.25) is 0 Å². The summed E-state index contributed by atoms with van der Waals surface area (Å²) in [6.45, 7) is 11.1. The molecule has 0 aromatic heterocycles. The Morgan fingerprint density at radius 2 is 1.77 bits per heavy atom. The number of nitrogens with one attached hydrogen (secondary N) is 3. The Labute approximate surface area is 238 Å². The Hall–Kier alpha value is -2.85. The Bertz CT molecular complexity index is 1170. The molecule has 40 heavy (non-hydrogen) atoms. The third-order valence-corrected chi connectivity index (χ3v) is 7.24. The van der Waals surface area contributed by atoms with Crippen LogP contribution in [0.1, 0.15) is 53.0 Å². The second kappa shape index (κ2) is 13.7. The number of fused-ring (bicyclic) bond motifs is 1. The molecular weight excluding hydrogens is 508 g/mol. The molecule has 0 radical (unpaired) electrons. The van der Waals surface area contributed by atoms with Crippen molar-refractivity contribution in [2.24, 2.45) is 5.41 Å². The fraction of sp³-hybridized carbons (Fsp3) is 0.581. The van der Waals surface area contributed by atoms with Crippen molar-refractivity contribution < 1.29 is 24.2 Å². The normalized spacial score (nSPS) is 17.4. The average Bonchev–Trinajstić information content (AvgIpc) is 3.45. The van der Waals surface area contributed by atoms with E-state index in [4.69, 9.17) is 4.74 Å². The molecule has 1 heterocycles. The standard InChI is InChI=1S/C31H46N4O5/c1-30(2,3)20-32-18-24(36)19-34-27(37)26(17-21-13-14-22-10-7-8-11-23(22)16-21)35(29(39)31(4,5)40-6)28(38)25-12-9-15-33-25/h7-8,10-11,13-14,16,24-26,32-33,36H,9,12,15,17-20H2,1-6H3,(H,34,37)/t24?,25-,26+/m0/s1. The van der Waals surface area contributed by atoms with Crippen LogP contribution in [0, 0.1) is 5.41 Å². The number of hydrogen-bond acceptors (Lipinski definition) is 7. The van der Waals surface area contributed by atoms with E-state index in [1.54, 1.807) is 13.8 Å². The smallest absolute Gasteiger partial charge is 0.261 e. The molecule has 0 spiro atoms. The van der Waals surface area contributed by atoms with Gasteiger partial charge in [-0.3, -0.25) is 19.3 Å². The summed E-state index contributed by atoms with van der Waals surface area (Å²) in [4.78, 5) is 42.5. The van der Waals surface area contributed by atoms with Gasteiger partial charge in [0.25, 0.3) is 5.91 Å². The molecule has 9 nitrogen and oxygen atoms in total. The zero-order chi connectivity index (χ0) is 29.5. The quantitative estimate of drug-likeness (QED) is 0.318. The summed E-state index contributed by atoms with van der Waals surface area (Å²) < 4.78 is 5.46. The summed E-state index contributed by atoms with van der Waals surface area (Å²) in [6.07, 6.45) is 0.679. The van der Waals surface area contributed by atoms with Crippen molar-refractivity contribution in [2.45, 2.75) is 77.7 Å². The molecule has 3 amide bonds. The average molecular weight is 555 g/mol. The van der Waals surface area contributed by atoms with E-state index >= 15 is 0 Å². The van der Waals surface area contributed by atoms with Crippen molar-refractivity contribution in [1.29, 1.82) is 0 Å².